The maximum Gasteiger partial charge on any atom is 0.320 e. The minimum absolute atomic E-state index is 0.0152. The molecule has 0 aliphatic carbocycles. The molecule has 14 heteroatoms. The molecule has 3 N–H and O–H groups in total. The van der Waals surface area contributed by atoms with Crippen molar-refractivity contribution in [3.63, 3.8) is 0 Å². The first-order valence-electron chi connectivity index (χ1n) is 13.8. The van der Waals surface area contributed by atoms with Crippen LogP contribution in [0.2, 0.25) is 0 Å². The molecular weight excluding hydrogens is 574 g/mol. The number of carbonyl (C=O) groups excluding carboxylic acids is 2. The van der Waals surface area contributed by atoms with Crippen molar-refractivity contribution in [2.24, 2.45) is 0 Å². The Bertz CT molecular complexity index is 1630. The normalized spacial score (nSPS) is 16.6. The quantitative estimate of drug-likeness (QED) is 0.233. The Labute approximate surface area is 252 Å². The first kappa shape index (κ1) is 30.7. The highest BCUT2D eigenvalue weighted by atomic mass is 19.1. The number of anilines is 1. The van der Waals surface area contributed by atoms with Crippen LogP contribution in [-0.4, -0.2) is 76.6 Å². The maximum atomic E-state index is 14.0. The highest BCUT2D eigenvalue weighted by molar-refractivity contribution is 5.94. The van der Waals surface area contributed by atoms with E-state index in [-0.39, 0.29) is 11.3 Å². The molecule has 1 saturated heterocycles. The molecule has 3 aromatic heterocycles. The van der Waals surface area contributed by atoms with Gasteiger partial charge in [-0.2, -0.15) is 14.6 Å². The van der Waals surface area contributed by atoms with E-state index in [1.807, 2.05) is 30.3 Å². The third-order valence-corrected chi connectivity index (χ3v) is 7.15. The molecule has 3 amide bonds. The van der Waals surface area contributed by atoms with Crippen molar-refractivity contribution >= 4 is 17.8 Å². The SMILES string of the molecule is CNC(=O)c1ncc(-c2nn(-c3ccccc3)c(NC(=O)N[C@@H]3CN(CCOC)O[C@H]3c3ccnc(F)c3)c2C)cc1CF. The molecular formula is C30H32F2N8O4. The molecule has 12 nitrogen and oxygen atoms in total. The Morgan fingerprint density at radius 2 is 1.95 bits per heavy atom. The summed E-state index contributed by atoms with van der Waals surface area (Å²) in [7, 11) is 3.02. The summed E-state index contributed by atoms with van der Waals surface area (Å²) < 4.78 is 34.6. The van der Waals surface area contributed by atoms with Crippen LogP contribution in [0.3, 0.4) is 0 Å². The zero-order chi connectivity index (χ0) is 31.2. The van der Waals surface area contributed by atoms with Crippen LogP contribution >= 0.6 is 0 Å². The van der Waals surface area contributed by atoms with Gasteiger partial charge in [0.05, 0.1) is 24.0 Å². The first-order chi connectivity index (χ1) is 21.3. The Morgan fingerprint density at radius 3 is 2.66 bits per heavy atom. The number of amides is 3. The molecule has 0 unspecified atom stereocenters. The van der Waals surface area contributed by atoms with E-state index in [2.05, 4.69) is 25.9 Å². The lowest BCUT2D eigenvalue weighted by Gasteiger charge is -2.19. The molecule has 1 aliphatic heterocycles. The number of carbonyl (C=O) groups is 2. The average Bonchev–Trinajstić information content (AvgIpc) is 3.59. The second kappa shape index (κ2) is 13.7. The van der Waals surface area contributed by atoms with Crippen molar-refractivity contribution in [1.29, 1.82) is 0 Å². The van der Waals surface area contributed by atoms with Gasteiger partial charge in [-0.3, -0.25) is 14.9 Å². The molecule has 230 valence electrons. The van der Waals surface area contributed by atoms with E-state index in [1.165, 1.54) is 31.6 Å². The fourth-order valence-electron chi connectivity index (χ4n) is 4.99. The summed E-state index contributed by atoms with van der Waals surface area (Å²) in [6.07, 6.45) is 2.12. The predicted molar refractivity (Wildman–Crippen MR) is 157 cm³/mol. The van der Waals surface area contributed by atoms with Gasteiger partial charge in [-0.25, -0.2) is 23.8 Å². The van der Waals surface area contributed by atoms with Gasteiger partial charge in [0.15, 0.2) is 0 Å². The monoisotopic (exact) mass is 606 g/mol. The van der Waals surface area contributed by atoms with E-state index in [9.17, 15) is 18.4 Å². The van der Waals surface area contributed by atoms with Gasteiger partial charge in [0.1, 0.15) is 24.3 Å². The Kier molecular flexibility index (Phi) is 9.53. The summed E-state index contributed by atoms with van der Waals surface area (Å²) in [5, 5.41) is 14.7. The Hall–Kier alpha value is -4.79. The van der Waals surface area contributed by atoms with E-state index < -0.39 is 36.7 Å². The molecule has 4 aromatic rings. The number of methoxy groups -OCH3 is 1. The van der Waals surface area contributed by atoms with Crippen LogP contribution in [0.4, 0.5) is 19.4 Å². The third-order valence-electron chi connectivity index (χ3n) is 7.15. The summed E-state index contributed by atoms with van der Waals surface area (Å²) >= 11 is 0. The molecule has 44 heavy (non-hydrogen) atoms. The Morgan fingerprint density at radius 1 is 1.16 bits per heavy atom. The van der Waals surface area contributed by atoms with E-state index in [4.69, 9.17) is 14.7 Å². The number of pyridine rings is 2. The molecule has 1 fully saturated rings. The smallest absolute Gasteiger partial charge is 0.320 e. The minimum Gasteiger partial charge on any atom is -0.383 e. The maximum absolute atomic E-state index is 14.0. The van der Waals surface area contributed by atoms with Crippen LogP contribution in [0, 0.1) is 12.9 Å². The number of aromatic nitrogens is 4. The van der Waals surface area contributed by atoms with Crippen LogP contribution in [0.15, 0.2) is 60.9 Å². The minimum atomic E-state index is -0.900. The van der Waals surface area contributed by atoms with Crippen molar-refractivity contribution in [1.82, 2.24) is 35.4 Å². The number of benzene rings is 1. The summed E-state index contributed by atoms with van der Waals surface area (Å²) in [5.74, 6) is -0.796. The van der Waals surface area contributed by atoms with E-state index in [1.54, 1.807) is 29.8 Å². The highest BCUT2D eigenvalue weighted by Gasteiger charge is 2.37. The number of alkyl halides is 1. The molecule has 4 heterocycles. The summed E-state index contributed by atoms with van der Waals surface area (Å²) in [4.78, 5) is 39.5. The number of para-hydroxylation sites is 1. The van der Waals surface area contributed by atoms with Crippen molar-refractivity contribution in [3.8, 4) is 16.9 Å². The molecule has 2 atom stereocenters. The van der Waals surface area contributed by atoms with Crippen molar-refractivity contribution < 1.29 is 27.9 Å². The number of hydrogen-bond donors (Lipinski definition) is 3. The number of hydrogen-bond acceptors (Lipinski definition) is 8. The number of nitrogens with one attached hydrogen (secondary N) is 3. The van der Waals surface area contributed by atoms with Gasteiger partial charge in [-0.1, -0.05) is 18.2 Å². The highest BCUT2D eigenvalue weighted by Crippen LogP contribution is 2.32. The number of urea groups is 1. The average molecular weight is 607 g/mol. The molecule has 5 rings (SSSR count). The standard InChI is InChI=1S/C30H32F2N8O4/c1-18-25(21-13-20(15-31)26(35-16-21)29(41)33-2)38-40(22-7-5-4-6-8-22)28(18)37-30(42)36-23-17-39(11-12-43-3)44-27(23)19-9-10-34-24(32)14-19/h4-10,13-14,16,23,27H,11-12,15,17H2,1-3H3,(H,33,41)(H2,36,37,42)/t23-,27+/m1/s1. The fourth-order valence-corrected chi connectivity index (χ4v) is 4.99. The van der Waals surface area contributed by atoms with E-state index in [0.29, 0.717) is 53.6 Å². The lowest BCUT2D eigenvalue weighted by Crippen LogP contribution is -2.42. The summed E-state index contributed by atoms with van der Waals surface area (Å²) in [6.45, 7) is 2.04. The lowest BCUT2D eigenvalue weighted by atomic mass is 10.0. The van der Waals surface area contributed by atoms with Crippen molar-refractivity contribution in [2.75, 3.05) is 39.2 Å². The van der Waals surface area contributed by atoms with Gasteiger partial charge in [-0.05, 0) is 42.8 Å². The molecule has 1 aromatic carbocycles. The fraction of sp³-hybridized carbons (Fsp3) is 0.300. The summed E-state index contributed by atoms with van der Waals surface area (Å²) in [6, 6.07) is 12.5. The summed E-state index contributed by atoms with van der Waals surface area (Å²) in [5.41, 5.74) is 2.78. The number of nitrogens with zero attached hydrogens (tertiary/aromatic N) is 5. The number of hydroxylamine groups is 2. The van der Waals surface area contributed by atoms with Crippen LogP contribution in [0.5, 0.6) is 0 Å². The largest absolute Gasteiger partial charge is 0.383 e. The molecule has 1 aliphatic rings. The van der Waals surface area contributed by atoms with Gasteiger partial charge in [0, 0.05) is 56.3 Å². The predicted octanol–water partition coefficient (Wildman–Crippen LogP) is 3.73. The van der Waals surface area contributed by atoms with Crippen molar-refractivity contribution in [3.05, 3.63) is 89.3 Å². The van der Waals surface area contributed by atoms with Gasteiger partial charge in [-0.15, -0.1) is 0 Å². The van der Waals surface area contributed by atoms with E-state index >= 15 is 0 Å². The lowest BCUT2D eigenvalue weighted by molar-refractivity contribution is -0.154. The topological polar surface area (TPSA) is 136 Å². The first-order valence-corrected chi connectivity index (χ1v) is 13.8. The number of halogens is 2. The Balaban J connectivity index is 1.46. The molecule has 0 bridgehead atoms. The molecule has 0 spiro atoms. The van der Waals surface area contributed by atoms with Gasteiger partial charge < -0.3 is 15.4 Å². The van der Waals surface area contributed by atoms with Crippen LogP contribution in [0.25, 0.3) is 16.9 Å². The van der Waals surface area contributed by atoms with Gasteiger partial charge in [0.2, 0.25) is 5.95 Å². The molecule has 0 saturated carbocycles. The van der Waals surface area contributed by atoms with Crippen LogP contribution in [-0.2, 0) is 16.2 Å². The zero-order valence-corrected chi connectivity index (χ0v) is 24.4. The molecule has 0 radical (unpaired) electrons. The van der Waals surface area contributed by atoms with Crippen molar-refractivity contribution in [2.45, 2.75) is 25.7 Å². The second-order valence-corrected chi connectivity index (χ2v) is 10.0. The van der Waals surface area contributed by atoms with Crippen LogP contribution in [0.1, 0.15) is 33.3 Å². The van der Waals surface area contributed by atoms with E-state index in [0.717, 1.165) is 0 Å². The van der Waals surface area contributed by atoms with Crippen LogP contribution < -0.4 is 16.0 Å². The zero-order valence-electron chi connectivity index (χ0n) is 24.4. The number of rotatable bonds is 10. The van der Waals surface area contributed by atoms with Gasteiger partial charge in [0.25, 0.3) is 5.91 Å². The van der Waals surface area contributed by atoms with Gasteiger partial charge >= 0.3 is 6.03 Å². The third kappa shape index (κ3) is 6.56. The number of ether oxygens (including phenoxy) is 1. The second-order valence-electron chi connectivity index (χ2n) is 10.0.